The smallest absolute Gasteiger partial charge is 0.318 e. The molecule has 0 spiro atoms. The zero-order chi connectivity index (χ0) is 12.2. The van der Waals surface area contributed by atoms with Crippen molar-refractivity contribution in [2.24, 2.45) is 5.73 Å². The molecular weight excluding hydrogens is 232 g/mol. The highest BCUT2D eigenvalue weighted by Crippen LogP contribution is 2.25. The van der Waals surface area contributed by atoms with Gasteiger partial charge in [0.2, 0.25) is 10.0 Å². The summed E-state index contributed by atoms with van der Waals surface area (Å²) in [5, 5.41) is 8.74. The summed E-state index contributed by atoms with van der Waals surface area (Å²) in [7, 11) is -3.52. The number of nitrogens with zero attached hydrogens (tertiary/aromatic N) is 1. The predicted molar refractivity (Wildman–Crippen MR) is 59.4 cm³/mol. The van der Waals surface area contributed by atoms with E-state index in [2.05, 4.69) is 0 Å². The second-order valence-corrected chi connectivity index (χ2v) is 6.02. The summed E-state index contributed by atoms with van der Waals surface area (Å²) in [6, 6.07) is -0.160. The Balaban J connectivity index is 2.81. The van der Waals surface area contributed by atoms with Gasteiger partial charge in [-0.05, 0) is 12.8 Å². The van der Waals surface area contributed by atoms with Gasteiger partial charge in [-0.1, -0.05) is 12.8 Å². The van der Waals surface area contributed by atoms with Gasteiger partial charge in [-0.3, -0.25) is 4.79 Å². The summed E-state index contributed by atoms with van der Waals surface area (Å²) < 4.78 is 24.8. The van der Waals surface area contributed by atoms with Gasteiger partial charge >= 0.3 is 5.97 Å². The van der Waals surface area contributed by atoms with Crippen LogP contribution in [0.1, 0.15) is 25.7 Å². The molecule has 0 aromatic rings. The first-order chi connectivity index (χ1) is 7.47. The molecule has 1 rings (SSSR count). The van der Waals surface area contributed by atoms with Gasteiger partial charge in [0.05, 0.1) is 5.75 Å². The fourth-order valence-electron chi connectivity index (χ4n) is 2.05. The van der Waals surface area contributed by atoms with Gasteiger partial charge in [-0.15, -0.1) is 0 Å². The highest BCUT2D eigenvalue weighted by molar-refractivity contribution is 7.89. The number of hydrogen-bond acceptors (Lipinski definition) is 4. The number of nitrogens with two attached hydrogens (primary N) is 1. The minimum atomic E-state index is -3.52. The molecule has 0 aromatic heterocycles. The van der Waals surface area contributed by atoms with Crippen LogP contribution >= 0.6 is 0 Å². The lowest BCUT2D eigenvalue weighted by Gasteiger charge is -2.26. The monoisotopic (exact) mass is 250 g/mol. The number of sulfonamides is 1. The van der Waals surface area contributed by atoms with Crippen molar-refractivity contribution in [1.82, 2.24) is 4.31 Å². The Kier molecular flexibility index (Phi) is 4.69. The lowest BCUT2D eigenvalue weighted by atomic mass is 10.2. The molecule has 0 aliphatic heterocycles. The van der Waals surface area contributed by atoms with E-state index in [-0.39, 0.29) is 18.3 Å². The number of carboxylic acid groups (broad SMARTS) is 1. The summed E-state index contributed by atoms with van der Waals surface area (Å²) in [4.78, 5) is 10.7. The van der Waals surface area contributed by atoms with Crippen molar-refractivity contribution in [2.75, 3.05) is 18.8 Å². The van der Waals surface area contributed by atoms with Gasteiger partial charge < -0.3 is 10.8 Å². The normalized spacial score (nSPS) is 18.1. The van der Waals surface area contributed by atoms with Crippen LogP contribution in [0.5, 0.6) is 0 Å². The van der Waals surface area contributed by atoms with Crippen LogP contribution in [0.25, 0.3) is 0 Å². The Labute approximate surface area is 95.5 Å². The fraction of sp³-hybridized carbons (Fsp3) is 0.889. The summed E-state index contributed by atoms with van der Waals surface area (Å²) >= 11 is 0. The molecule has 7 heteroatoms. The zero-order valence-electron chi connectivity index (χ0n) is 9.13. The summed E-state index contributed by atoms with van der Waals surface area (Å²) in [6.07, 6.45) is 3.41. The van der Waals surface area contributed by atoms with E-state index in [0.29, 0.717) is 0 Å². The molecule has 94 valence electrons. The number of aliphatic carboxylic acids is 1. The van der Waals surface area contributed by atoms with Gasteiger partial charge in [0.1, 0.15) is 6.54 Å². The first kappa shape index (κ1) is 13.4. The van der Waals surface area contributed by atoms with Crippen LogP contribution in [0, 0.1) is 0 Å². The molecule has 3 N–H and O–H groups in total. The summed E-state index contributed by atoms with van der Waals surface area (Å²) in [6.45, 7) is -0.432. The van der Waals surface area contributed by atoms with E-state index in [1.165, 1.54) is 0 Å². The minimum absolute atomic E-state index is 0.0190. The van der Waals surface area contributed by atoms with Crippen molar-refractivity contribution in [1.29, 1.82) is 0 Å². The Hall–Kier alpha value is -0.660. The fourth-order valence-corrected chi connectivity index (χ4v) is 3.55. The standard InChI is InChI=1S/C9H18N2O4S/c10-5-6-16(14,15)11(7-9(12)13)8-3-1-2-4-8/h8H,1-7,10H2,(H,12,13). The molecule has 0 unspecified atom stereocenters. The van der Waals surface area contributed by atoms with Crippen LogP contribution in [0.15, 0.2) is 0 Å². The summed E-state index contributed by atoms with van der Waals surface area (Å²) in [5.41, 5.74) is 5.23. The highest BCUT2D eigenvalue weighted by atomic mass is 32.2. The van der Waals surface area contributed by atoms with Crippen molar-refractivity contribution in [3.63, 3.8) is 0 Å². The van der Waals surface area contributed by atoms with Crippen LogP contribution < -0.4 is 5.73 Å². The number of carbonyl (C=O) groups is 1. The van der Waals surface area contributed by atoms with Crippen LogP contribution in [0.2, 0.25) is 0 Å². The maximum absolute atomic E-state index is 11.8. The lowest BCUT2D eigenvalue weighted by Crippen LogP contribution is -2.44. The molecule has 6 nitrogen and oxygen atoms in total. The van der Waals surface area contributed by atoms with E-state index >= 15 is 0 Å². The maximum atomic E-state index is 11.8. The topological polar surface area (TPSA) is 101 Å². The average molecular weight is 250 g/mol. The third-order valence-electron chi connectivity index (χ3n) is 2.76. The number of rotatable bonds is 6. The van der Waals surface area contributed by atoms with Gasteiger partial charge in [-0.25, -0.2) is 8.42 Å². The van der Waals surface area contributed by atoms with Crippen molar-refractivity contribution in [2.45, 2.75) is 31.7 Å². The minimum Gasteiger partial charge on any atom is -0.480 e. The molecule has 1 aliphatic rings. The van der Waals surface area contributed by atoms with E-state index in [1.807, 2.05) is 0 Å². The number of hydrogen-bond donors (Lipinski definition) is 2. The van der Waals surface area contributed by atoms with Crippen LogP contribution in [0.3, 0.4) is 0 Å². The quantitative estimate of drug-likeness (QED) is 0.668. The summed E-state index contributed by atoms with van der Waals surface area (Å²) in [5.74, 6) is -1.30. The third kappa shape index (κ3) is 3.43. The van der Waals surface area contributed by atoms with E-state index in [4.69, 9.17) is 10.8 Å². The van der Waals surface area contributed by atoms with E-state index in [1.54, 1.807) is 0 Å². The SMILES string of the molecule is NCCS(=O)(=O)N(CC(=O)O)C1CCCC1. The largest absolute Gasteiger partial charge is 0.480 e. The Morgan fingerprint density at radius 1 is 1.38 bits per heavy atom. The lowest BCUT2D eigenvalue weighted by molar-refractivity contribution is -0.137. The van der Waals surface area contributed by atoms with Gasteiger partial charge in [0.25, 0.3) is 0 Å². The average Bonchev–Trinajstić information content (AvgIpc) is 2.66. The number of carboxylic acids is 1. The zero-order valence-corrected chi connectivity index (χ0v) is 9.95. The molecule has 0 radical (unpaired) electrons. The molecule has 0 saturated heterocycles. The van der Waals surface area contributed by atoms with Crippen molar-refractivity contribution in [3.8, 4) is 0 Å². The highest BCUT2D eigenvalue weighted by Gasteiger charge is 2.32. The molecule has 0 amide bonds. The molecule has 0 aromatic carbocycles. The predicted octanol–water partition coefficient (Wildman–Crippen LogP) is -0.396. The van der Waals surface area contributed by atoms with Crippen LogP contribution in [0.4, 0.5) is 0 Å². The Morgan fingerprint density at radius 3 is 2.38 bits per heavy atom. The molecule has 1 fully saturated rings. The van der Waals surface area contributed by atoms with Gasteiger partial charge in [0, 0.05) is 12.6 Å². The molecular formula is C9H18N2O4S. The van der Waals surface area contributed by atoms with E-state index < -0.39 is 22.5 Å². The molecule has 0 bridgehead atoms. The molecule has 0 heterocycles. The molecule has 1 aliphatic carbocycles. The Morgan fingerprint density at radius 2 is 1.94 bits per heavy atom. The van der Waals surface area contributed by atoms with Crippen LogP contribution in [-0.4, -0.2) is 48.7 Å². The van der Waals surface area contributed by atoms with Gasteiger partial charge in [-0.2, -0.15) is 4.31 Å². The first-order valence-electron chi connectivity index (χ1n) is 5.39. The van der Waals surface area contributed by atoms with E-state index in [0.717, 1.165) is 30.0 Å². The molecule has 0 atom stereocenters. The maximum Gasteiger partial charge on any atom is 0.318 e. The van der Waals surface area contributed by atoms with Crippen LogP contribution in [-0.2, 0) is 14.8 Å². The van der Waals surface area contributed by atoms with Crippen molar-refractivity contribution >= 4 is 16.0 Å². The molecule has 16 heavy (non-hydrogen) atoms. The third-order valence-corrected chi connectivity index (χ3v) is 4.65. The van der Waals surface area contributed by atoms with E-state index in [9.17, 15) is 13.2 Å². The van der Waals surface area contributed by atoms with Crippen molar-refractivity contribution in [3.05, 3.63) is 0 Å². The second-order valence-electron chi connectivity index (χ2n) is 3.98. The molecule has 1 saturated carbocycles. The Bertz CT molecular complexity index is 335. The second kappa shape index (κ2) is 5.60. The van der Waals surface area contributed by atoms with Gasteiger partial charge in [0.15, 0.2) is 0 Å². The first-order valence-corrected chi connectivity index (χ1v) is 6.99. The van der Waals surface area contributed by atoms with Crippen molar-refractivity contribution < 1.29 is 18.3 Å².